The Hall–Kier alpha value is -3.02. The lowest BCUT2D eigenvalue weighted by molar-refractivity contribution is 0.556. The van der Waals surface area contributed by atoms with Gasteiger partial charge >= 0.3 is 5.63 Å². The number of pyridine rings is 1. The van der Waals surface area contributed by atoms with Crippen molar-refractivity contribution in [2.24, 2.45) is 0 Å². The molecule has 0 aliphatic carbocycles. The molecule has 0 amide bonds. The molecule has 0 atom stereocenters. The highest BCUT2D eigenvalue weighted by Crippen LogP contribution is 2.24. The number of halogens is 2. The zero-order chi connectivity index (χ0) is 16.1. The van der Waals surface area contributed by atoms with E-state index in [1.54, 1.807) is 25.4 Å². The average molecular weight is 312 g/mol. The van der Waals surface area contributed by atoms with E-state index in [9.17, 15) is 13.6 Å². The quantitative estimate of drug-likeness (QED) is 0.504. The van der Waals surface area contributed by atoms with E-state index >= 15 is 0 Å². The zero-order valence-electron chi connectivity index (χ0n) is 12.0. The van der Waals surface area contributed by atoms with Gasteiger partial charge in [-0.2, -0.15) is 0 Å². The second-order valence-electron chi connectivity index (χ2n) is 5.32. The van der Waals surface area contributed by atoms with Gasteiger partial charge in [-0.15, -0.1) is 0 Å². The van der Waals surface area contributed by atoms with Crippen LogP contribution >= 0.6 is 0 Å². The molecule has 4 aromatic rings. The van der Waals surface area contributed by atoms with E-state index in [-0.39, 0.29) is 16.8 Å². The van der Waals surface area contributed by atoms with Gasteiger partial charge in [0.1, 0.15) is 11.4 Å². The summed E-state index contributed by atoms with van der Waals surface area (Å²) < 4.78 is 34.0. The molecule has 1 aromatic carbocycles. The van der Waals surface area contributed by atoms with Crippen molar-refractivity contribution in [2.45, 2.75) is 6.92 Å². The third-order valence-electron chi connectivity index (χ3n) is 3.64. The maximum Gasteiger partial charge on any atom is 0.344 e. The molecule has 0 radical (unpaired) electrons. The van der Waals surface area contributed by atoms with Gasteiger partial charge in [0.25, 0.3) is 0 Å². The van der Waals surface area contributed by atoms with Crippen LogP contribution in [0.3, 0.4) is 0 Å². The number of imidazole rings is 1. The van der Waals surface area contributed by atoms with Crippen LogP contribution in [-0.2, 0) is 0 Å². The molecule has 4 nitrogen and oxygen atoms in total. The largest absolute Gasteiger partial charge is 0.422 e. The summed E-state index contributed by atoms with van der Waals surface area (Å²) in [5.41, 5.74) is 0.932. The Morgan fingerprint density at radius 3 is 2.78 bits per heavy atom. The van der Waals surface area contributed by atoms with Crippen LogP contribution in [0.25, 0.3) is 27.7 Å². The predicted molar refractivity (Wildman–Crippen MR) is 81.3 cm³/mol. The summed E-state index contributed by atoms with van der Waals surface area (Å²) in [5.74, 6) is -1.02. The van der Waals surface area contributed by atoms with E-state index in [1.165, 1.54) is 22.6 Å². The summed E-state index contributed by atoms with van der Waals surface area (Å²) in [5, 5.41) is 0.559. The highest BCUT2D eigenvalue weighted by Gasteiger charge is 2.13. The van der Waals surface area contributed by atoms with Crippen molar-refractivity contribution in [3.8, 4) is 11.1 Å². The molecule has 114 valence electrons. The fourth-order valence-corrected chi connectivity index (χ4v) is 2.61. The molecule has 0 fully saturated rings. The van der Waals surface area contributed by atoms with E-state index in [4.69, 9.17) is 4.42 Å². The fraction of sp³-hybridized carbons (Fsp3) is 0.0588. The third-order valence-corrected chi connectivity index (χ3v) is 3.64. The highest BCUT2D eigenvalue weighted by atomic mass is 19.1. The molecule has 4 rings (SSSR count). The average Bonchev–Trinajstić information content (AvgIpc) is 2.87. The van der Waals surface area contributed by atoms with E-state index in [2.05, 4.69) is 4.98 Å². The highest BCUT2D eigenvalue weighted by molar-refractivity contribution is 5.81. The Bertz CT molecular complexity index is 1130. The molecule has 0 bridgehead atoms. The molecule has 0 aliphatic heterocycles. The number of fused-ring (bicyclic) bond motifs is 2. The number of hydrogen-bond acceptors (Lipinski definition) is 3. The molecule has 0 saturated heterocycles. The van der Waals surface area contributed by atoms with E-state index in [0.29, 0.717) is 16.6 Å². The van der Waals surface area contributed by atoms with Crippen molar-refractivity contribution < 1.29 is 13.2 Å². The molecular formula is C17H10F2N2O2. The number of nitrogens with zero attached hydrogens (tertiary/aromatic N) is 2. The summed E-state index contributed by atoms with van der Waals surface area (Å²) in [7, 11) is 0. The van der Waals surface area contributed by atoms with Crippen molar-refractivity contribution in [1.82, 2.24) is 9.38 Å². The molecule has 0 saturated carbocycles. The van der Waals surface area contributed by atoms with Crippen molar-refractivity contribution in [2.75, 3.05) is 0 Å². The molecular weight excluding hydrogens is 302 g/mol. The first kappa shape index (κ1) is 13.6. The lowest BCUT2D eigenvalue weighted by atomic mass is 10.1. The number of aryl methyl sites for hydroxylation is 1. The Morgan fingerprint density at radius 2 is 1.96 bits per heavy atom. The van der Waals surface area contributed by atoms with Crippen LogP contribution in [0.1, 0.15) is 5.69 Å². The normalized spacial score (nSPS) is 11.4. The Morgan fingerprint density at radius 1 is 1.13 bits per heavy atom. The Labute approximate surface area is 128 Å². The smallest absolute Gasteiger partial charge is 0.344 e. The summed E-state index contributed by atoms with van der Waals surface area (Å²) in [6, 6.07) is 6.72. The lowest BCUT2D eigenvalue weighted by Gasteiger charge is -2.04. The second-order valence-corrected chi connectivity index (χ2v) is 5.32. The van der Waals surface area contributed by atoms with Crippen LogP contribution in [0.4, 0.5) is 8.78 Å². The third kappa shape index (κ3) is 2.19. The van der Waals surface area contributed by atoms with Crippen molar-refractivity contribution in [3.05, 3.63) is 70.5 Å². The maximum absolute atomic E-state index is 14.2. The minimum atomic E-state index is -0.654. The molecule has 23 heavy (non-hydrogen) atoms. The number of rotatable bonds is 1. The van der Waals surface area contributed by atoms with Crippen LogP contribution in [0.5, 0.6) is 0 Å². The van der Waals surface area contributed by atoms with Crippen molar-refractivity contribution >= 4 is 16.6 Å². The first-order chi connectivity index (χ1) is 11.0. The van der Waals surface area contributed by atoms with Gasteiger partial charge in [-0.1, -0.05) is 0 Å². The number of hydrogen-bond donors (Lipinski definition) is 0. The minimum absolute atomic E-state index is 0.152. The fourth-order valence-electron chi connectivity index (χ4n) is 2.61. The predicted octanol–water partition coefficient (Wildman–Crippen LogP) is 3.69. The van der Waals surface area contributed by atoms with E-state index in [1.807, 2.05) is 0 Å². The molecule has 3 heterocycles. The van der Waals surface area contributed by atoms with Gasteiger partial charge in [-0.25, -0.2) is 18.6 Å². The first-order valence-corrected chi connectivity index (χ1v) is 6.90. The first-order valence-electron chi connectivity index (χ1n) is 6.90. The Balaban J connectivity index is 2.00. The topological polar surface area (TPSA) is 47.5 Å². The number of aromatic nitrogens is 2. The summed E-state index contributed by atoms with van der Waals surface area (Å²) >= 11 is 0. The van der Waals surface area contributed by atoms with Crippen molar-refractivity contribution in [1.29, 1.82) is 0 Å². The van der Waals surface area contributed by atoms with Crippen LogP contribution < -0.4 is 5.63 Å². The summed E-state index contributed by atoms with van der Waals surface area (Å²) in [6.07, 6.45) is 3.28. The van der Waals surface area contributed by atoms with Crippen LogP contribution in [0, 0.1) is 18.6 Å². The van der Waals surface area contributed by atoms with Gasteiger partial charge in [-0.3, -0.25) is 0 Å². The standard InChI is InChI=1S/C17H10F2N2O2/c1-9-7-21-8-11(5-14(19)16(21)20-9)13-4-10-2-3-12(18)6-15(10)23-17(13)22/h2-8H,1H3. The minimum Gasteiger partial charge on any atom is -0.422 e. The molecule has 3 aromatic heterocycles. The van der Waals surface area contributed by atoms with Crippen LogP contribution in [-0.4, -0.2) is 9.38 Å². The van der Waals surface area contributed by atoms with Gasteiger partial charge in [-0.05, 0) is 31.2 Å². The van der Waals surface area contributed by atoms with Gasteiger partial charge in [0.2, 0.25) is 0 Å². The van der Waals surface area contributed by atoms with E-state index in [0.717, 1.165) is 6.07 Å². The second kappa shape index (κ2) is 4.74. The molecule has 0 unspecified atom stereocenters. The van der Waals surface area contributed by atoms with Gasteiger partial charge in [0, 0.05) is 29.4 Å². The van der Waals surface area contributed by atoms with Crippen LogP contribution in [0.2, 0.25) is 0 Å². The SMILES string of the molecule is Cc1cn2cc(-c3cc4ccc(F)cc4oc3=O)cc(F)c2n1. The van der Waals surface area contributed by atoms with Crippen molar-refractivity contribution in [3.63, 3.8) is 0 Å². The van der Waals surface area contributed by atoms with Gasteiger partial charge < -0.3 is 8.82 Å². The monoisotopic (exact) mass is 312 g/mol. The Kier molecular flexibility index (Phi) is 2.81. The zero-order valence-corrected chi connectivity index (χ0v) is 12.0. The maximum atomic E-state index is 14.2. The van der Waals surface area contributed by atoms with E-state index < -0.39 is 17.3 Å². The molecule has 0 aliphatic rings. The molecule has 0 spiro atoms. The van der Waals surface area contributed by atoms with Gasteiger partial charge in [0.15, 0.2) is 11.5 Å². The summed E-state index contributed by atoms with van der Waals surface area (Å²) in [4.78, 5) is 16.2. The molecule has 6 heteroatoms. The molecule has 0 N–H and O–H groups in total. The summed E-state index contributed by atoms with van der Waals surface area (Å²) in [6.45, 7) is 1.76. The lowest BCUT2D eigenvalue weighted by Crippen LogP contribution is -2.04. The van der Waals surface area contributed by atoms with Gasteiger partial charge in [0.05, 0.1) is 11.3 Å². The number of benzene rings is 1. The van der Waals surface area contributed by atoms with Crippen LogP contribution in [0.15, 0.2) is 51.9 Å².